The average Bonchev–Trinajstić information content (AvgIpc) is 2.25. The van der Waals surface area contributed by atoms with Gasteiger partial charge in [0.25, 0.3) is 0 Å². The van der Waals surface area contributed by atoms with Crippen LogP contribution in [0, 0.1) is 0 Å². The molecule has 0 saturated carbocycles. The Hall–Kier alpha value is 0.280. The number of halogens is 1. The van der Waals surface area contributed by atoms with Gasteiger partial charge < -0.3 is 24.8 Å². The molecule has 0 bridgehead atoms. The minimum atomic E-state index is -1.23. The molecule has 0 aromatic carbocycles. The third-order valence-corrected chi connectivity index (χ3v) is 2.94. The number of rotatable bonds is 4. The van der Waals surface area contributed by atoms with Crippen LogP contribution in [0.2, 0.25) is 0 Å². The molecule has 90 valence electrons. The van der Waals surface area contributed by atoms with E-state index in [0.717, 1.165) is 6.42 Å². The van der Waals surface area contributed by atoms with E-state index >= 15 is 0 Å². The summed E-state index contributed by atoms with van der Waals surface area (Å²) in [4.78, 5) is 0. The molecule has 1 fully saturated rings. The van der Waals surface area contributed by atoms with E-state index in [1.807, 2.05) is 6.92 Å². The summed E-state index contributed by atoms with van der Waals surface area (Å²) in [5, 5.41) is 29.0. The second-order valence-corrected chi connectivity index (χ2v) is 4.19. The Morgan fingerprint density at radius 1 is 1.20 bits per heavy atom. The van der Waals surface area contributed by atoms with Crippen LogP contribution in [0.3, 0.4) is 0 Å². The molecule has 5 nitrogen and oxygen atoms in total. The van der Waals surface area contributed by atoms with Crippen LogP contribution in [0.1, 0.15) is 13.3 Å². The molecule has 0 aromatic heterocycles. The number of alkyl halides is 1. The number of ether oxygens (including phenoxy) is 2. The van der Waals surface area contributed by atoms with E-state index in [4.69, 9.17) is 9.47 Å². The molecule has 0 radical (unpaired) electrons. The lowest BCUT2D eigenvalue weighted by molar-refractivity contribution is -0.291. The predicted molar refractivity (Wildman–Crippen MR) is 56.7 cm³/mol. The lowest BCUT2D eigenvalue weighted by Crippen LogP contribution is -2.58. The zero-order chi connectivity index (χ0) is 11.4. The highest BCUT2D eigenvalue weighted by atomic mass is 79.9. The molecule has 0 amide bonds. The Bertz CT molecular complexity index is 189. The molecule has 0 aromatic rings. The molecule has 5 atom stereocenters. The summed E-state index contributed by atoms with van der Waals surface area (Å²) in [7, 11) is 0. The molecule has 0 spiro atoms. The predicted octanol–water partition coefficient (Wildman–Crippen LogP) is -0.384. The zero-order valence-corrected chi connectivity index (χ0v) is 10.1. The second-order valence-electron chi connectivity index (χ2n) is 3.54. The van der Waals surface area contributed by atoms with E-state index in [-0.39, 0.29) is 0 Å². The van der Waals surface area contributed by atoms with Gasteiger partial charge in [0.2, 0.25) is 0 Å². The molecule has 1 aliphatic heterocycles. The van der Waals surface area contributed by atoms with Crippen LogP contribution in [0.4, 0.5) is 0 Å². The Balaban J connectivity index is 2.57. The lowest BCUT2D eigenvalue weighted by Gasteiger charge is -2.39. The molecule has 3 N–H and O–H groups in total. The van der Waals surface area contributed by atoms with E-state index in [1.165, 1.54) is 0 Å². The summed E-state index contributed by atoms with van der Waals surface area (Å²) < 4.78 is 10.5. The van der Waals surface area contributed by atoms with Crippen LogP contribution < -0.4 is 0 Å². The zero-order valence-electron chi connectivity index (χ0n) is 8.54. The summed E-state index contributed by atoms with van der Waals surface area (Å²) in [6, 6.07) is 0. The molecule has 15 heavy (non-hydrogen) atoms. The van der Waals surface area contributed by atoms with Gasteiger partial charge in [0.15, 0.2) is 6.29 Å². The minimum absolute atomic E-state index is 0.379. The number of hydrogen-bond donors (Lipinski definition) is 3. The summed E-state index contributed by atoms with van der Waals surface area (Å²) in [5.41, 5.74) is 0. The van der Waals surface area contributed by atoms with Crippen molar-refractivity contribution in [2.75, 3.05) is 11.9 Å². The van der Waals surface area contributed by atoms with Gasteiger partial charge in [-0.3, -0.25) is 0 Å². The topological polar surface area (TPSA) is 79.2 Å². The fourth-order valence-corrected chi connectivity index (χ4v) is 1.95. The monoisotopic (exact) mass is 284 g/mol. The third kappa shape index (κ3) is 3.12. The van der Waals surface area contributed by atoms with Gasteiger partial charge in [-0.05, 0) is 6.42 Å². The van der Waals surface area contributed by atoms with Crippen molar-refractivity contribution in [2.24, 2.45) is 0 Å². The van der Waals surface area contributed by atoms with Crippen molar-refractivity contribution < 1.29 is 24.8 Å². The van der Waals surface area contributed by atoms with Crippen LogP contribution in [0.25, 0.3) is 0 Å². The first-order chi connectivity index (χ1) is 7.11. The van der Waals surface area contributed by atoms with E-state index in [0.29, 0.717) is 11.9 Å². The maximum atomic E-state index is 9.57. The van der Waals surface area contributed by atoms with Crippen LogP contribution in [0.5, 0.6) is 0 Å². The highest BCUT2D eigenvalue weighted by molar-refractivity contribution is 9.09. The fraction of sp³-hybridized carbons (Fsp3) is 1.00. The molecule has 6 heteroatoms. The summed E-state index contributed by atoms with van der Waals surface area (Å²) in [5.74, 6) is 0. The largest absolute Gasteiger partial charge is 0.388 e. The second kappa shape index (κ2) is 6.12. The maximum absolute atomic E-state index is 9.57. The summed E-state index contributed by atoms with van der Waals surface area (Å²) in [6.45, 7) is 2.38. The number of aliphatic hydroxyl groups excluding tert-OH is 3. The minimum Gasteiger partial charge on any atom is -0.388 e. The number of aliphatic hydroxyl groups is 3. The van der Waals surface area contributed by atoms with Crippen molar-refractivity contribution in [1.29, 1.82) is 0 Å². The first-order valence-corrected chi connectivity index (χ1v) is 6.11. The van der Waals surface area contributed by atoms with Gasteiger partial charge in [0.1, 0.15) is 18.3 Å². The normalized spacial score (nSPS) is 41.8. The van der Waals surface area contributed by atoms with Crippen molar-refractivity contribution in [3.05, 3.63) is 0 Å². The number of hydrogen-bond acceptors (Lipinski definition) is 5. The van der Waals surface area contributed by atoms with Gasteiger partial charge in [-0.25, -0.2) is 0 Å². The van der Waals surface area contributed by atoms with E-state index in [9.17, 15) is 15.3 Å². The van der Waals surface area contributed by atoms with Gasteiger partial charge in [-0.15, -0.1) is 0 Å². The molecule has 0 aliphatic carbocycles. The SMILES string of the molecule is CCCO[C@@H]1O[C@H](CBr)[C@@H](O)[C@H](O)[C@H]1O. The van der Waals surface area contributed by atoms with Crippen LogP contribution in [-0.2, 0) is 9.47 Å². The van der Waals surface area contributed by atoms with Crippen molar-refractivity contribution in [2.45, 2.75) is 44.1 Å². The van der Waals surface area contributed by atoms with Crippen molar-refractivity contribution in [3.63, 3.8) is 0 Å². The fourth-order valence-electron chi connectivity index (χ4n) is 1.42. The van der Waals surface area contributed by atoms with E-state index in [2.05, 4.69) is 15.9 Å². The van der Waals surface area contributed by atoms with Gasteiger partial charge in [-0.1, -0.05) is 22.9 Å². The first kappa shape index (κ1) is 13.3. The lowest BCUT2D eigenvalue weighted by atomic mass is 10.00. The van der Waals surface area contributed by atoms with Crippen LogP contribution >= 0.6 is 15.9 Å². The summed E-state index contributed by atoms with van der Waals surface area (Å²) in [6.07, 6.45) is -4.17. The third-order valence-electron chi connectivity index (χ3n) is 2.31. The van der Waals surface area contributed by atoms with Gasteiger partial charge >= 0.3 is 0 Å². The van der Waals surface area contributed by atoms with Gasteiger partial charge in [0, 0.05) is 11.9 Å². The summed E-state index contributed by atoms with van der Waals surface area (Å²) >= 11 is 3.16. The molecule has 1 heterocycles. The van der Waals surface area contributed by atoms with Crippen molar-refractivity contribution in [3.8, 4) is 0 Å². The standard InChI is InChI=1S/C9H17BrO5/c1-2-3-14-9-8(13)7(12)6(11)5(4-10)15-9/h5-9,11-13H,2-4H2,1H3/t5-,6-,7+,8-,9-/m1/s1. The highest BCUT2D eigenvalue weighted by Gasteiger charge is 2.43. The highest BCUT2D eigenvalue weighted by Crippen LogP contribution is 2.23. The smallest absolute Gasteiger partial charge is 0.186 e. The van der Waals surface area contributed by atoms with Crippen LogP contribution in [0.15, 0.2) is 0 Å². The van der Waals surface area contributed by atoms with E-state index < -0.39 is 30.7 Å². The van der Waals surface area contributed by atoms with Crippen molar-refractivity contribution in [1.82, 2.24) is 0 Å². The van der Waals surface area contributed by atoms with Gasteiger partial charge in [0.05, 0.1) is 6.10 Å². The molecular formula is C9H17BrO5. The van der Waals surface area contributed by atoms with Gasteiger partial charge in [-0.2, -0.15) is 0 Å². The molecule has 1 rings (SSSR count). The molecule has 1 saturated heterocycles. The Morgan fingerprint density at radius 2 is 1.87 bits per heavy atom. The maximum Gasteiger partial charge on any atom is 0.186 e. The Labute approximate surface area is 97.1 Å². The first-order valence-electron chi connectivity index (χ1n) is 4.99. The quantitative estimate of drug-likeness (QED) is 0.613. The molecular weight excluding hydrogens is 268 g/mol. The van der Waals surface area contributed by atoms with Crippen LogP contribution in [-0.4, -0.2) is 58.0 Å². The Kier molecular flexibility index (Phi) is 5.45. The molecule has 1 aliphatic rings. The van der Waals surface area contributed by atoms with Crippen molar-refractivity contribution >= 4 is 15.9 Å². The van der Waals surface area contributed by atoms with E-state index in [1.54, 1.807) is 0 Å². The molecule has 0 unspecified atom stereocenters. The Morgan fingerprint density at radius 3 is 2.40 bits per heavy atom. The average molecular weight is 285 g/mol.